The molecule has 1 aliphatic heterocycles. The predicted octanol–water partition coefficient (Wildman–Crippen LogP) is 2.91. The largest absolute Gasteiger partial charge is 0.473 e. The Bertz CT molecular complexity index is 1070. The lowest BCUT2D eigenvalue weighted by Gasteiger charge is -2.20. The quantitative estimate of drug-likeness (QED) is 0.722. The lowest BCUT2D eigenvalue weighted by atomic mass is 10.0. The van der Waals surface area contributed by atoms with E-state index in [-0.39, 0.29) is 17.9 Å². The van der Waals surface area contributed by atoms with Gasteiger partial charge < -0.3 is 19.5 Å². The Morgan fingerprint density at radius 1 is 1.31 bits per heavy atom. The number of imidazole rings is 1. The van der Waals surface area contributed by atoms with E-state index in [1.807, 2.05) is 38.7 Å². The molecule has 152 valence electrons. The zero-order valence-electron chi connectivity index (χ0n) is 17.6. The van der Waals surface area contributed by atoms with E-state index in [1.54, 1.807) is 6.33 Å². The van der Waals surface area contributed by atoms with Crippen LogP contribution in [0.4, 0.5) is 5.69 Å². The Morgan fingerprint density at radius 2 is 2.10 bits per heavy atom. The second-order valence-electron chi connectivity index (χ2n) is 8.02. The Balaban J connectivity index is 1.73. The number of anilines is 1. The molecule has 7 heteroatoms. The van der Waals surface area contributed by atoms with Crippen LogP contribution in [0, 0.1) is 12.8 Å². The van der Waals surface area contributed by atoms with E-state index in [0.717, 1.165) is 22.3 Å². The maximum Gasteiger partial charge on any atom is 0.241 e. The number of benzene rings is 1. The maximum atomic E-state index is 11.6. The summed E-state index contributed by atoms with van der Waals surface area (Å²) >= 11 is 0. The maximum absolute atomic E-state index is 11.6. The van der Waals surface area contributed by atoms with Crippen molar-refractivity contribution in [2.75, 3.05) is 25.5 Å². The van der Waals surface area contributed by atoms with Crippen LogP contribution in [0.15, 0.2) is 30.6 Å². The van der Waals surface area contributed by atoms with Crippen molar-refractivity contribution in [3.8, 4) is 17.1 Å². The van der Waals surface area contributed by atoms with Gasteiger partial charge in [0.25, 0.3) is 0 Å². The van der Waals surface area contributed by atoms with E-state index in [4.69, 9.17) is 9.72 Å². The second kappa shape index (κ2) is 7.39. The van der Waals surface area contributed by atoms with Gasteiger partial charge >= 0.3 is 0 Å². The molecule has 2 atom stereocenters. The molecule has 3 aromatic rings. The topological polar surface area (TPSA) is 72.3 Å². The Labute approximate surface area is 170 Å². The first-order valence-electron chi connectivity index (χ1n) is 9.87. The van der Waals surface area contributed by atoms with Crippen LogP contribution in [0.5, 0.6) is 5.88 Å². The van der Waals surface area contributed by atoms with Crippen LogP contribution in [-0.4, -0.2) is 47.2 Å². The molecule has 1 amide bonds. The van der Waals surface area contributed by atoms with Crippen molar-refractivity contribution in [2.24, 2.45) is 13.0 Å². The SMILES string of the molecule is Cc1cc(-c2cc3ncn(C)c3c(OC(C)C3CNC(=O)C3)n2)ccc1N(C)C. The molecule has 0 bridgehead atoms. The molecule has 0 saturated carbocycles. The first-order valence-corrected chi connectivity index (χ1v) is 9.87. The Hall–Kier alpha value is -3.09. The van der Waals surface area contributed by atoms with Gasteiger partial charge in [0.15, 0.2) is 0 Å². The van der Waals surface area contributed by atoms with Crippen molar-refractivity contribution < 1.29 is 9.53 Å². The number of aryl methyl sites for hydroxylation is 2. The number of pyridine rings is 1. The van der Waals surface area contributed by atoms with Crippen molar-refractivity contribution in [1.29, 1.82) is 0 Å². The van der Waals surface area contributed by atoms with Crippen LogP contribution in [0.2, 0.25) is 0 Å². The number of ether oxygens (including phenoxy) is 1. The summed E-state index contributed by atoms with van der Waals surface area (Å²) in [4.78, 5) is 23.0. The average Bonchev–Trinajstić information content (AvgIpc) is 3.27. The van der Waals surface area contributed by atoms with Gasteiger partial charge in [-0.05, 0) is 37.6 Å². The number of nitrogens with one attached hydrogen (secondary N) is 1. The molecule has 0 radical (unpaired) electrons. The number of carbonyl (C=O) groups excluding carboxylic acids is 1. The molecule has 3 heterocycles. The third-order valence-corrected chi connectivity index (χ3v) is 5.61. The minimum atomic E-state index is -0.132. The number of nitrogens with zero attached hydrogens (tertiary/aromatic N) is 4. The number of amides is 1. The molecule has 1 fully saturated rings. The van der Waals surface area contributed by atoms with Crippen LogP contribution in [-0.2, 0) is 11.8 Å². The lowest BCUT2D eigenvalue weighted by molar-refractivity contribution is -0.119. The minimum Gasteiger partial charge on any atom is -0.473 e. The summed E-state index contributed by atoms with van der Waals surface area (Å²) in [6, 6.07) is 8.32. The molecule has 2 unspecified atom stereocenters. The van der Waals surface area contributed by atoms with Crippen LogP contribution < -0.4 is 15.0 Å². The molecule has 1 aliphatic rings. The van der Waals surface area contributed by atoms with Crippen molar-refractivity contribution in [2.45, 2.75) is 26.4 Å². The summed E-state index contributed by atoms with van der Waals surface area (Å²) < 4.78 is 8.20. The number of aromatic nitrogens is 3. The fourth-order valence-electron chi connectivity index (χ4n) is 3.92. The monoisotopic (exact) mass is 393 g/mol. The van der Waals surface area contributed by atoms with Crippen molar-refractivity contribution in [1.82, 2.24) is 19.9 Å². The zero-order chi connectivity index (χ0) is 20.7. The fraction of sp³-hybridized carbons (Fsp3) is 0.409. The molecule has 7 nitrogen and oxygen atoms in total. The number of fused-ring (bicyclic) bond motifs is 1. The van der Waals surface area contributed by atoms with E-state index in [1.165, 1.54) is 11.3 Å². The van der Waals surface area contributed by atoms with Gasteiger partial charge in [0.05, 0.1) is 17.5 Å². The molecule has 4 rings (SSSR count). The van der Waals surface area contributed by atoms with E-state index >= 15 is 0 Å². The average molecular weight is 393 g/mol. The Kier molecular flexibility index (Phi) is 4.90. The van der Waals surface area contributed by atoms with Crippen LogP contribution in [0.1, 0.15) is 18.9 Å². The summed E-state index contributed by atoms with van der Waals surface area (Å²) in [6.07, 6.45) is 2.13. The van der Waals surface area contributed by atoms with Crippen LogP contribution in [0.3, 0.4) is 0 Å². The standard InChI is InChI=1S/C22H27N5O2/c1-13-8-15(6-7-19(13)26(3)4)17-10-18-21(27(5)12-24-18)22(25-17)29-14(2)16-9-20(28)23-11-16/h6-8,10,12,14,16H,9,11H2,1-5H3,(H,23,28). The van der Waals surface area contributed by atoms with E-state index in [9.17, 15) is 4.79 Å². The third-order valence-electron chi connectivity index (χ3n) is 5.61. The number of rotatable bonds is 5. The summed E-state index contributed by atoms with van der Waals surface area (Å²) in [6.45, 7) is 4.73. The highest BCUT2D eigenvalue weighted by molar-refractivity contribution is 5.85. The molecular weight excluding hydrogens is 366 g/mol. The first kappa shape index (κ1) is 19.2. The summed E-state index contributed by atoms with van der Waals surface area (Å²) in [5, 5.41) is 2.88. The number of carbonyl (C=O) groups is 1. The van der Waals surface area contributed by atoms with Gasteiger partial charge in [0, 0.05) is 51.3 Å². The molecule has 1 saturated heterocycles. The molecule has 1 N–H and O–H groups in total. The van der Waals surface area contributed by atoms with Gasteiger partial charge in [-0.1, -0.05) is 6.07 Å². The van der Waals surface area contributed by atoms with Crippen LogP contribution in [0.25, 0.3) is 22.3 Å². The van der Waals surface area contributed by atoms with E-state index in [2.05, 4.69) is 40.3 Å². The molecule has 2 aromatic heterocycles. The van der Waals surface area contributed by atoms with Crippen LogP contribution >= 0.6 is 0 Å². The van der Waals surface area contributed by atoms with Gasteiger partial charge in [0.2, 0.25) is 11.8 Å². The minimum absolute atomic E-state index is 0.0781. The highest BCUT2D eigenvalue weighted by atomic mass is 16.5. The van der Waals surface area contributed by atoms with Crippen molar-refractivity contribution in [3.63, 3.8) is 0 Å². The summed E-state index contributed by atoms with van der Waals surface area (Å²) in [5.41, 5.74) is 5.91. The van der Waals surface area contributed by atoms with Gasteiger partial charge in [-0.15, -0.1) is 0 Å². The number of hydrogen-bond acceptors (Lipinski definition) is 5. The molecular formula is C22H27N5O2. The first-order chi connectivity index (χ1) is 13.8. The van der Waals surface area contributed by atoms with E-state index < -0.39 is 0 Å². The van der Waals surface area contributed by atoms with Gasteiger partial charge in [-0.25, -0.2) is 9.97 Å². The molecule has 0 spiro atoms. The van der Waals surface area contributed by atoms with Gasteiger partial charge in [-0.2, -0.15) is 0 Å². The smallest absolute Gasteiger partial charge is 0.241 e. The second-order valence-corrected chi connectivity index (χ2v) is 8.02. The lowest BCUT2D eigenvalue weighted by Crippen LogP contribution is -2.26. The molecule has 1 aromatic carbocycles. The summed E-state index contributed by atoms with van der Waals surface area (Å²) in [7, 11) is 6.01. The molecule has 29 heavy (non-hydrogen) atoms. The highest BCUT2D eigenvalue weighted by Crippen LogP contribution is 2.32. The van der Waals surface area contributed by atoms with Gasteiger partial charge in [0.1, 0.15) is 11.6 Å². The fourth-order valence-corrected chi connectivity index (χ4v) is 3.92. The summed E-state index contributed by atoms with van der Waals surface area (Å²) in [5.74, 6) is 0.769. The van der Waals surface area contributed by atoms with E-state index in [0.29, 0.717) is 18.8 Å². The normalized spacial score (nSPS) is 17.4. The predicted molar refractivity (Wildman–Crippen MR) is 114 cm³/mol. The van der Waals surface area contributed by atoms with Crippen molar-refractivity contribution in [3.05, 3.63) is 36.2 Å². The number of hydrogen-bond donors (Lipinski definition) is 1. The third kappa shape index (κ3) is 3.64. The molecule has 0 aliphatic carbocycles. The van der Waals surface area contributed by atoms with Crippen molar-refractivity contribution >= 4 is 22.6 Å². The Morgan fingerprint density at radius 3 is 2.76 bits per heavy atom. The van der Waals surface area contributed by atoms with Gasteiger partial charge in [-0.3, -0.25) is 4.79 Å². The zero-order valence-corrected chi connectivity index (χ0v) is 17.6. The highest BCUT2D eigenvalue weighted by Gasteiger charge is 2.29.